The first kappa shape index (κ1) is 13.6. The molecule has 0 bridgehead atoms. The maximum absolute atomic E-state index is 11.5. The van der Waals surface area contributed by atoms with Crippen LogP contribution in [0.2, 0.25) is 0 Å². The summed E-state index contributed by atoms with van der Waals surface area (Å²) in [5, 5.41) is 0.682. The molecule has 5 nitrogen and oxygen atoms in total. The van der Waals surface area contributed by atoms with Crippen LogP contribution in [0.25, 0.3) is 0 Å². The fourth-order valence-corrected chi connectivity index (χ4v) is 2.70. The van der Waals surface area contributed by atoms with Crippen molar-refractivity contribution in [1.82, 2.24) is 9.97 Å². The van der Waals surface area contributed by atoms with E-state index in [1.54, 1.807) is 6.07 Å². The number of aromatic amines is 1. The lowest BCUT2D eigenvalue weighted by molar-refractivity contribution is -0.130. The number of hydrogen-bond donors (Lipinski definition) is 1. The predicted molar refractivity (Wildman–Crippen MR) is 69.9 cm³/mol. The van der Waals surface area contributed by atoms with Crippen molar-refractivity contribution in [3.63, 3.8) is 0 Å². The van der Waals surface area contributed by atoms with Crippen molar-refractivity contribution in [2.45, 2.75) is 37.4 Å². The lowest BCUT2D eigenvalue weighted by Crippen LogP contribution is -2.25. The molecular formula is C12H18N2O3S. The Morgan fingerprint density at radius 3 is 3.22 bits per heavy atom. The van der Waals surface area contributed by atoms with Gasteiger partial charge in [0.05, 0.1) is 12.7 Å². The van der Waals surface area contributed by atoms with Gasteiger partial charge in [-0.3, -0.25) is 4.79 Å². The second-order valence-electron chi connectivity index (χ2n) is 4.21. The summed E-state index contributed by atoms with van der Waals surface area (Å²) in [5.74, 6) is 0.794. The number of ether oxygens (including phenoxy) is 2. The van der Waals surface area contributed by atoms with Gasteiger partial charge >= 0.3 is 0 Å². The number of nitrogens with zero attached hydrogens (tertiary/aromatic N) is 1. The third-order valence-corrected chi connectivity index (χ3v) is 3.66. The third-order valence-electron chi connectivity index (χ3n) is 2.66. The monoisotopic (exact) mass is 270 g/mol. The standard InChI is InChI=1S/C12H18N2O3S/c1-2-3-9-6-11(15)14-12(13-9)18-7-10-4-5-16-8-17-10/h6,10H,2-5,7-8H2,1H3,(H,13,14,15)/t10-/m0/s1. The summed E-state index contributed by atoms with van der Waals surface area (Å²) in [6.07, 6.45) is 2.91. The molecule has 1 fully saturated rings. The van der Waals surface area contributed by atoms with Gasteiger partial charge in [-0.2, -0.15) is 0 Å². The summed E-state index contributed by atoms with van der Waals surface area (Å²) in [6, 6.07) is 1.57. The minimum atomic E-state index is -0.0798. The first-order chi connectivity index (χ1) is 8.78. The molecule has 0 aliphatic carbocycles. The van der Waals surface area contributed by atoms with Crippen LogP contribution >= 0.6 is 11.8 Å². The Kier molecular flexibility index (Phi) is 5.22. The Labute approximate surface area is 110 Å². The minimum absolute atomic E-state index is 0.0798. The van der Waals surface area contributed by atoms with Crippen LogP contribution in [0, 0.1) is 0 Å². The first-order valence-electron chi connectivity index (χ1n) is 6.20. The second kappa shape index (κ2) is 6.92. The van der Waals surface area contributed by atoms with E-state index in [-0.39, 0.29) is 11.7 Å². The normalized spacial score (nSPS) is 19.9. The Morgan fingerprint density at radius 1 is 1.61 bits per heavy atom. The van der Waals surface area contributed by atoms with Crippen LogP contribution in [0.1, 0.15) is 25.5 Å². The van der Waals surface area contributed by atoms with Gasteiger partial charge in [0.25, 0.3) is 5.56 Å². The number of hydrogen-bond acceptors (Lipinski definition) is 5. The summed E-state index contributed by atoms with van der Waals surface area (Å²) in [6.45, 7) is 3.18. The Balaban J connectivity index is 1.93. The fraction of sp³-hybridized carbons (Fsp3) is 0.667. The van der Waals surface area contributed by atoms with Gasteiger partial charge in [-0.25, -0.2) is 4.98 Å². The first-order valence-corrected chi connectivity index (χ1v) is 7.19. The SMILES string of the molecule is CCCc1cc(=O)[nH]c(SC[C@@H]2CCOCO2)n1. The summed E-state index contributed by atoms with van der Waals surface area (Å²) in [4.78, 5) is 18.7. The van der Waals surface area contributed by atoms with Crippen LogP contribution in [0.3, 0.4) is 0 Å². The van der Waals surface area contributed by atoms with Crippen LogP contribution < -0.4 is 5.56 Å². The number of aromatic nitrogens is 2. The third kappa shape index (κ3) is 4.12. The van der Waals surface area contributed by atoms with Crippen molar-refractivity contribution < 1.29 is 9.47 Å². The quantitative estimate of drug-likeness (QED) is 0.650. The van der Waals surface area contributed by atoms with E-state index in [1.165, 1.54) is 11.8 Å². The molecule has 1 aliphatic heterocycles. The Morgan fingerprint density at radius 2 is 2.50 bits per heavy atom. The van der Waals surface area contributed by atoms with Crippen molar-refractivity contribution in [2.24, 2.45) is 0 Å². The van der Waals surface area contributed by atoms with Gasteiger partial charge in [-0.15, -0.1) is 0 Å². The van der Waals surface area contributed by atoms with Crippen molar-refractivity contribution in [2.75, 3.05) is 19.2 Å². The van der Waals surface area contributed by atoms with E-state index in [2.05, 4.69) is 16.9 Å². The van der Waals surface area contributed by atoms with E-state index in [0.717, 1.165) is 37.3 Å². The number of H-pyrrole nitrogens is 1. The lowest BCUT2D eigenvalue weighted by atomic mass is 10.2. The van der Waals surface area contributed by atoms with Crippen molar-refractivity contribution in [3.8, 4) is 0 Å². The maximum Gasteiger partial charge on any atom is 0.251 e. The molecule has 0 radical (unpaired) electrons. The van der Waals surface area contributed by atoms with Crippen LogP contribution in [-0.4, -0.2) is 35.2 Å². The molecule has 2 rings (SSSR count). The highest BCUT2D eigenvalue weighted by molar-refractivity contribution is 7.99. The van der Waals surface area contributed by atoms with Gasteiger partial charge in [-0.1, -0.05) is 25.1 Å². The molecule has 0 spiro atoms. The van der Waals surface area contributed by atoms with Crippen LogP contribution in [0.4, 0.5) is 0 Å². The molecule has 0 unspecified atom stereocenters. The number of rotatable bonds is 5. The maximum atomic E-state index is 11.5. The van der Waals surface area contributed by atoms with E-state index in [1.807, 2.05) is 0 Å². The number of aryl methyl sites for hydroxylation is 1. The van der Waals surface area contributed by atoms with E-state index in [0.29, 0.717) is 11.9 Å². The smallest absolute Gasteiger partial charge is 0.251 e. The van der Waals surface area contributed by atoms with Crippen molar-refractivity contribution >= 4 is 11.8 Å². The molecule has 1 saturated heterocycles. The average molecular weight is 270 g/mol. The lowest BCUT2D eigenvalue weighted by Gasteiger charge is -2.21. The molecule has 1 aromatic rings. The molecule has 1 aliphatic rings. The molecule has 6 heteroatoms. The summed E-state index contributed by atoms with van der Waals surface area (Å²) in [7, 11) is 0. The van der Waals surface area contributed by atoms with E-state index in [9.17, 15) is 4.79 Å². The van der Waals surface area contributed by atoms with E-state index < -0.39 is 0 Å². The zero-order chi connectivity index (χ0) is 12.8. The van der Waals surface area contributed by atoms with Gasteiger partial charge in [0.1, 0.15) is 6.79 Å². The zero-order valence-electron chi connectivity index (χ0n) is 10.5. The molecule has 1 atom stereocenters. The Bertz CT molecular complexity index is 430. The molecule has 1 aromatic heterocycles. The second-order valence-corrected chi connectivity index (χ2v) is 5.22. The summed E-state index contributed by atoms with van der Waals surface area (Å²) in [5.41, 5.74) is 0.778. The highest BCUT2D eigenvalue weighted by Crippen LogP contribution is 2.18. The highest BCUT2D eigenvalue weighted by Gasteiger charge is 2.15. The van der Waals surface area contributed by atoms with Crippen molar-refractivity contribution in [3.05, 3.63) is 22.1 Å². The van der Waals surface area contributed by atoms with Crippen LogP contribution in [0.15, 0.2) is 16.0 Å². The summed E-state index contributed by atoms with van der Waals surface area (Å²) >= 11 is 1.53. The molecule has 0 amide bonds. The average Bonchev–Trinajstić information content (AvgIpc) is 2.37. The van der Waals surface area contributed by atoms with E-state index >= 15 is 0 Å². The van der Waals surface area contributed by atoms with Gasteiger partial charge in [0.15, 0.2) is 5.16 Å². The minimum Gasteiger partial charge on any atom is -0.355 e. The number of nitrogens with one attached hydrogen (secondary N) is 1. The predicted octanol–water partition coefficient (Wildman–Crippen LogP) is 1.58. The molecule has 1 N–H and O–H groups in total. The van der Waals surface area contributed by atoms with Gasteiger partial charge in [0.2, 0.25) is 0 Å². The van der Waals surface area contributed by atoms with Gasteiger partial charge in [0, 0.05) is 17.5 Å². The molecule has 18 heavy (non-hydrogen) atoms. The van der Waals surface area contributed by atoms with Crippen LogP contribution in [0.5, 0.6) is 0 Å². The molecule has 2 heterocycles. The van der Waals surface area contributed by atoms with Gasteiger partial charge in [-0.05, 0) is 12.8 Å². The Hall–Kier alpha value is -0.850. The number of thioether (sulfide) groups is 1. The van der Waals surface area contributed by atoms with E-state index in [4.69, 9.17) is 9.47 Å². The van der Waals surface area contributed by atoms with Crippen LogP contribution in [-0.2, 0) is 15.9 Å². The molecule has 100 valence electrons. The largest absolute Gasteiger partial charge is 0.355 e. The topological polar surface area (TPSA) is 64.2 Å². The molecular weight excluding hydrogens is 252 g/mol. The zero-order valence-corrected chi connectivity index (χ0v) is 11.3. The molecule has 0 aromatic carbocycles. The highest BCUT2D eigenvalue weighted by atomic mass is 32.2. The van der Waals surface area contributed by atoms with Gasteiger partial charge < -0.3 is 14.5 Å². The molecule has 0 saturated carbocycles. The van der Waals surface area contributed by atoms with Crippen molar-refractivity contribution in [1.29, 1.82) is 0 Å². The summed E-state index contributed by atoms with van der Waals surface area (Å²) < 4.78 is 10.6. The fourth-order valence-electron chi connectivity index (χ4n) is 1.74.